The van der Waals surface area contributed by atoms with Crippen LogP contribution in [-0.4, -0.2) is 32.9 Å². The van der Waals surface area contributed by atoms with Crippen molar-refractivity contribution < 1.29 is 9.53 Å². The van der Waals surface area contributed by atoms with Crippen molar-refractivity contribution in [3.8, 4) is 0 Å². The Kier molecular flexibility index (Phi) is 4.04. The SMILES string of the molecule is CCn1nc2c(c1CN)CN(C(=O)OC(C)(C)C)CC2. The van der Waals surface area contributed by atoms with Crippen molar-refractivity contribution in [2.45, 2.75) is 59.4 Å². The van der Waals surface area contributed by atoms with Crippen molar-refractivity contribution >= 4 is 6.09 Å². The monoisotopic (exact) mass is 280 g/mol. The fraction of sp³-hybridized carbons (Fsp3) is 0.714. The molecule has 2 heterocycles. The van der Waals surface area contributed by atoms with Crippen LogP contribution in [0.1, 0.15) is 44.6 Å². The Labute approximate surface area is 119 Å². The summed E-state index contributed by atoms with van der Waals surface area (Å²) in [6.07, 6.45) is 0.490. The molecule has 1 aliphatic heterocycles. The summed E-state index contributed by atoms with van der Waals surface area (Å²) in [5, 5.41) is 4.57. The van der Waals surface area contributed by atoms with Crippen LogP contribution in [0.2, 0.25) is 0 Å². The van der Waals surface area contributed by atoms with Crippen molar-refractivity contribution in [3.63, 3.8) is 0 Å². The minimum absolute atomic E-state index is 0.268. The first-order valence-corrected chi connectivity index (χ1v) is 7.11. The van der Waals surface area contributed by atoms with E-state index in [9.17, 15) is 4.79 Å². The predicted molar refractivity (Wildman–Crippen MR) is 76.1 cm³/mol. The maximum Gasteiger partial charge on any atom is 0.410 e. The van der Waals surface area contributed by atoms with E-state index >= 15 is 0 Å². The molecule has 1 amide bonds. The van der Waals surface area contributed by atoms with Crippen LogP contribution in [0.3, 0.4) is 0 Å². The molecule has 2 N–H and O–H groups in total. The second-order valence-electron chi connectivity index (χ2n) is 6.04. The van der Waals surface area contributed by atoms with Crippen molar-refractivity contribution in [3.05, 3.63) is 17.0 Å². The van der Waals surface area contributed by atoms with Crippen molar-refractivity contribution in [1.29, 1.82) is 0 Å². The summed E-state index contributed by atoms with van der Waals surface area (Å²) in [5.41, 5.74) is 8.53. The van der Waals surface area contributed by atoms with E-state index in [1.807, 2.05) is 32.4 Å². The maximum absolute atomic E-state index is 12.1. The number of nitrogens with two attached hydrogens (primary N) is 1. The van der Waals surface area contributed by atoms with Crippen LogP contribution >= 0.6 is 0 Å². The Morgan fingerprint density at radius 1 is 1.45 bits per heavy atom. The quantitative estimate of drug-likeness (QED) is 0.894. The molecule has 2 rings (SSSR count). The van der Waals surface area contributed by atoms with Gasteiger partial charge < -0.3 is 15.4 Å². The van der Waals surface area contributed by atoms with Crippen LogP contribution in [0.15, 0.2) is 0 Å². The molecule has 1 aromatic heterocycles. The van der Waals surface area contributed by atoms with E-state index in [1.54, 1.807) is 4.90 Å². The number of fused-ring (bicyclic) bond motifs is 1. The van der Waals surface area contributed by atoms with E-state index in [2.05, 4.69) is 5.10 Å². The van der Waals surface area contributed by atoms with E-state index in [-0.39, 0.29) is 6.09 Å². The maximum atomic E-state index is 12.1. The first-order chi connectivity index (χ1) is 9.35. The Morgan fingerprint density at radius 2 is 2.15 bits per heavy atom. The standard InChI is InChI=1S/C14H24N4O2/c1-5-18-12(8-15)10-9-17(7-6-11(10)16-18)13(19)20-14(2,3)4/h5-9,15H2,1-4H3. The number of aryl methyl sites for hydroxylation is 1. The number of amides is 1. The Bertz CT molecular complexity index is 502. The van der Waals surface area contributed by atoms with Gasteiger partial charge in [-0.05, 0) is 27.7 Å². The van der Waals surface area contributed by atoms with Gasteiger partial charge in [0.2, 0.25) is 0 Å². The molecular formula is C14H24N4O2. The van der Waals surface area contributed by atoms with Gasteiger partial charge in [0, 0.05) is 31.6 Å². The zero-order valence-electron chi connectivity index (χ0n) is 12.8. The average molecular weight is 280 g/mol. The molecule has 0 atom stereocenters. The second kappa shape index (κ2) is 5.44. The summed E-state index contributed by atoms with van der Waals surface area (Å²) in [5.74, 6) is 0. The van der Waals surface area contributed by atoms with Gasteiger partial charge in [-0.15, -0.1) is 0 Å². The highest BCUT2D eigenvalue weighted by atomic mass is 16.6. The zero-order valence-corrected chi connectivity index (χ0v) is 12.8. The van der Waals surface area contributed by atoms with Gasteiger partial charge in [-0.3, -0.25) is 4.68 Å². The third-order valence-electron chi connectivity index (χ3n) is 3.36. The van der Waals surface area contributed by atoms with Crippen LogP contribution in [0.4, 0.5) is 4.79 Å². The first kappa shape index (κ1) is 14.8. The van der Waals surface area contributed by atoms with Crippen LogP contribution in [0.5, 0.6) is 0 Å². The number of hydrogen-bond donors (Lipinski definition) is 1. The molecule has 6 heteroatoms. The number of rotatable bonds is 2. The summed E-state index contributed by atoms with van der Waals surface area (Å²) in [4.78, 5) is 13.9. The van der Waals surface area contributed by atoms with E-state index in [0.29, 0.717) is 19.6 Å². The Morgan fingerprint density at radius 3 is 2.70 bits per heavy atom. The third-order valence-corrected chi connectivity index (χ3v) is 3.36. The molecule has 6 nitrogen and oxygen atoms in total. The number of hydrogen-bond acceptors (Lipinski definition) is 4. The minimum atomic E-state index is -0.471. The van der Waals surface area contributed by atoms with Crippen LogP contribution in [0.25, 0.3) is 0 Å². The summed E-state index contributed by atoms with van der Waals surface area (Å²) in [6, 6.07) is 0. The highest BCUT2D eigenvalue weighted by Gasteiger charge is 2.29. The molecule has 0 aliphatic carbocycles. The molecule has 0 aromatic carbocycles. The predicted octanol–water partition coefficient (Wildman–Crippen LogP) is 1.65. The topological polar surface area (TPSA) is 73.4 Å². The minimum Gasteiger partial charge on any atom is -0.444 e. The van der Waals surface area contributed by atoms with Gasteiger partial charge >= 0.3 is 6.09 Å². The molecule has 0 radical (unpaired) electrons. The van der Waals surface area contributed by atoms with E-state index in [4.69, 9.17) is 10.5 Å². The highest BCUT2D eigenvalue weighted by Crippen LogP contribution is 2.23. The third kappa shape index (κ3) is 2.95. The summed E-state index contributed by atoms with van der Waals surface area (Å²) >= 11 is 0. The number of carbonyl (C=O) groups is 1. The molecule has 1 aromatic rings. The van der Waals surface area contributed by atoms with Crippen molar-refractivity contribution in [2.24, 2.45) is 5.73 Å². The van der Waals surface area contributed by atoms with Gasteiger partial charge in [-0.2, -0.15) is 5.10 Å². The van der Waals surface area contributed by atoms with Gasteiger partial charge in [0.25, 0.3) is 0 Å². The van der Waals surface area contributed by atoms with Gasteiger partial charge in [-0.25, -0.2) is 4.79 Å². The van der Waals surface area contributed by atoms with Crippen molar-refractivity contribution in [2.75, 3.05) is 6.54 Å². The largest absolute Gasteiger partial charge is 0.444 e. The normalized spacial score (nSPS) is 15.2. The van der Waals surface area contributed by atoms with E-state index in [1.165, 1.54) is 0 Å². The van der Waals surface area contributed by atoms with Gasteiger partial charge in [-0.1, -0.05) is 0 Å². The Hall–Kier alpha value is -1.56. The van der Waals surface area contributed by atoms with Crippen molar-refractivity contribution in [1.82, 2.24) is 14.7 Å². The lowest BCUT2D eigenvalue weighted by molar-refractivity contribution is 0.0223. The fourth-order valence-electron chi connectivity index (χ4n) is 2.46. The molecule has 20 heavy (non-hydrogen) atoms. The summed E-state index contributed by atoms with van der Waals surface area (Å²) in [7, 11) is 0. The number of aromatic nitrogens is 2. The van der Waals surface area contributed by atoms with Crippen LogP contribution in [-0.2, 0) is 30.8 Å². The molecular weight excluding hydrogens is 256 g/mol. The Balaban J connectivity index is 2.18. The summed E-state index contributed by atoms with van der Waals surface area (Å²) in [6.45, 7) is 10.1. The van der Waals surface area contributed by atoms with E-state index < -0.39 is 5.60 Å². The summed E-state index contributed by atoms with van der Waals surface area (Å²) < 4.78 is 7.36. The van der Waals surface area contributed by atoms with Gasteiger partial charge in [0.15, 0.2) is 0 Å². The molecule has 0 bridgehead atoms. The lowest BCUT2D eigenvalue weighted by Crippen LogP contribution is -2.40. The highest BCUT2D eigenvalue weighted by molar-refractivity contribution is 5.68. The number of carbonyl (C=O) groups excluding carboxylic acids is 1. The zero-order chi connectivity index (χ0) is 14.9. The van der Waals surface area contributed by atoms with Gasteiger partial charge in [0.05, 0.1) is 17.9 Å². The van der Waals surface area contributed by atoms with Crippen LogP contribution < -0.4 is 5.73 Å². The number of nitrogens with zero attached hydrogens (tertiary/aromatic N) is 3. The van der Waals surface area contributed by atoms with E-state index in [0.717, 1.165) is 29.9 Å². The molecule has 0 saturated carbocycles. The smallest absolute Gasteiger partial charge is 0.410 e. The lowest BCUT2D eigenvalue weighted by Gasteiger charge is -2.29. The fourth-order valence-corrected chi connectivity index (χ4v) is 2.46. The second-order valence-corrected chi connectivity index (χ2v) is 6.04. The molecule has 0 saturated heterocycles. The van der Waals surface area contributed by atoms with Crippen LogP contribution in [0, 0.1) is 0 Å². The lowest BCUT2D eigenvalue weighted by atomic mass is 10.1. The molecule has 1 aliphatic rings. The number of ether oxygens (including phenoxy) is 1. The molecule has 112 valence electrons. The first-order valence-electron chi connectivity index (χ1n) is 7.11. The van der Waals surface area contributed by atoms with Gasteiger partial charge in [0.1, 0.15) is 5.60 Å². The molecule has 0 unspecified atom stereocenters. The molecule has 0 fully saturated rings. The molecule has 0 spiro atoms. The average Bonchev–Trinajstić information content (AvgIpc) is 2.73.